The average Bonchev–Trinajstić information content (AvgIpc) is 2.50. The molecule has 2 aromatic rings. The van der Waals surface area contributed by atoms with Crippen LogP contribution in [0.15, 0.2) is 42.5 Å². The van der Waals surface area contributed by atoms with Crippen molar-refractivity contribution in [3.05, 3.63) is 59.4 Å². The zero-order valence-electron chi connectivity index (χ0n) is 13.2. The van der Waals surface area contributed by atoms with Crippen LogP contribution >= 0.6 is 0 Å². The molecule has 0 aliphatic heterocycles. The predicted octanol–water partition coefficient (Wildman–Crippen LogP) is 3.74. The number of hydrogen-bond acceptors (Lipinski definition) is 3. The molecule has 0 aliphatic rings. The Labute approximate surface area is 134 Å². The molecule has 1 N–H and O–H groups in total. The number of anilines is 1. The highest BCUT2D eigenvalue weighted by atomic mass is 19.1. The SMILES string of the molecule is CC(=O)c1cccc(OC(C)C(=O)Nc2ccc(C)cc2F)c1. The van der Waals surface area contributed by atoms with E-state index >= 15 is 0 Å². The Hall–Kier alpha value is -2.69. The van der Waals surface area contributed by atoms with Gasteiger partial charge in [0.2, 0.25) is 0 Å². The number of rotatable bonds is 5. The van der Waals surface area contributed by atoms with E-state index in [1.54, 1.807) is 44.2 Å². The van der Waals surface area contributed by atoms with Crippen molar-refractivity contribution in [1.82, 2.24) is 0 Å². The van der Waals surface area contributed by atoms with Crippen LogP contribution in [0.5, 0.6) is 5.75 Å². The number of amides is 1. The van der Waals surface area contributed by atoms with Crippen LogP contribution < -0.4 is 10.1 Å². The van der Waals surface area contributed by atoms with E-state index in [9.17, 15) is 14.0 Å². The lowest BCUT2D eigenvalue weighted by Crippen LogP contribution is -2.30. The fraction of sp³-hybridized carbons (Fsp3) is 0.222. The fourth-order valence-electron chi connectivity index (χ4n) is 2.00. The molecule has 0 radical (unpaired) electrons. The fourth-order valence-corrected chi connectivity index (χ4v) is 2.00. The second-order valence-corrected chi connectivity index (χ2v) is 5.32. The normalized spacial score (nSPS) is 11.7. The Morgan fingerprint density at radius 2 is 1.91 bits per heavy atom. The molecule has 120 valence electrons. The summed E-state index contributed by atoms with van der Waals surface area (Å²) in [6.07, 6.45) is -0.835. The average molecular weight is 315 g/mol. The minimum absolute atomic E-state index is 0.0886. The Morgan fingerprint density at radius 3 is 2.57 bits per heavy atom. The van der Waals surface area contributed by atoms with Crippen LogP contribution in [-0.4, -0.2) is 17.8 Å². The quantitative estimate of drug-likeness (QED) is 0.855. The minimum atomic E-state index is -0.835. The number of hydrogen-bond donors (Lipinski definition) is 1. The van der Waals surface area contributed by atoms with E-state index in [0.29, 0.717) is 11.3 Å². The predicted molar refractivity (Wildman–Crippen MR) is 86.3 cm³/mol. The van der Waals surface area contributed by atoms with Crippen molar-refractivity contribution in [1.29, 1.82) is 0 Å². The number of Topliss-reactive ketones (excluding diaryl/α,β-unsaturated/α-hetero) is 1. The van der Waals surface area contributed by atoms with Gasteiger partial charge in [-0.1, -0.05) is 18.2 Å². The molecule has 0 fully saturated rings. The Kier molecular flexibility index (Phi) is 5.11. The van der Waals surface area contributed by atoms with E-state index in [1.165, 1.54) is 19.1 Å². The van der Waals surface area contributed by atoms with Crippen LogP contribution in [-0.2, 0) is 4.79 Å². The molecular weight excluding hydrogens is 297 g/mol. The van der Waals surface area contributed by atoms with E-state index < -0.39 is 17.8 Å². The van der Waals surface area contributed by atoms with Crippen LogP contribution in [0.1, 0.15) is 29.8 Å². The lowest BCUT2D eigenvalue weighted by Gasteiger charge is -2.15. The molecule has 0 spiro atoms. The van der Waals surface area contributed by atoms with Gasteiger partial charge in [0.1, 0.15) is 11.6 Å². The van der Waals surface area contributed by atoms with Gasteiger partial charge in [-0.2, -0.15) is 0 Å². The number of benzene rings is 2. The molecule has 4 nitrogen and oxygen atoms in total. The zero-order valence-corrected chi connectivity index (χ0v) is 13.2. The minimum Gasteiger partial charge on any atom is -0.481 e. The lowest BCUT2D eigenvalue weighted by atomic mass is 10.1. The molecule has 1 amide bonds. The van der Waals surface area contributed by atoms with Crippen molar-refractivity contribution in [3.8, 4) is 5.75 Å². The molecule has 0 aromatic heterocycles. The third-order valence-corrected chi connectivity index (χ3v) is 3.31. The van der Waals surface area contributed by atoms with Gasteiger partial charge in [-0.15, -0.1) is 0 Å². The number of ether oxygens (including phenoxy) is 1. The van der Waals surface area contributed by atoms with Gasteiger partial charge in [0.25, 0.3) is 5.91 Å². The van der Waals surface area contributed by atoms with Crippen molar-refractivity contribution < 1.29 is 18.7 Å². The van der Waals surface area contributed by atoms with Gasteiger partial charge in [-0.05, 0) is 50.6 Å². The summed E-state index contributed by atoms with van der Waals surface area (Å²) in [6.45, 7) is 4.78. The monoisotopic (exact) mass is 315 g/mol. The van der Waals surface area contributed by atoms with Crippen molar-refractivity contribution >= 4 is 17.4 Å². The number of carbonyl (C=O) groups excluding carboxylic acids is 2. The van der Waals surface area contributed by atoms with Gasteiger partial charge >= 0.3 is 0 Å². The van der Waals surface area contributed by atoms with Crippen LogP contribution in [0.3, 0.4) is 0 Å². The second kappa shape index (κ2) is 7.05. The topological polar surface area (TPSA) is 55.4 Å². The number of aryl methyl sites for hydroxylation is 1. The van der Waals surface area contributed by atoms with Gasteiger partial charge in [-0.25, -0.2) is 4.39 Å². The first kappa shape index (κ1) is 16.7. The second-order valence-electron chi connectivity index (χ2n) is 5.32. The summed E-state index contributed by atoms with van der Waals surface area (Å²) in [5, 5.41) is 2.49. The summed E-state index contributed by atoms with van der Waals surface area (Å²) in [5.41, 5.74) is 1.37. The summed E-state index contributed by atoms with van der Waals surface area (Å²) in [7, 11) is 0. The molecule has 2 aromatic carbocycles. The van der Waals surface area contributed by atoms with Crippen molar-refractivity contribution in [2.45, 2.75) is 26.9 Å². The smallest absolute Gasteiger partial charge is 0.265 e. The van der Waals surface area contributed by atoms with Crippen molar-refractivity contribution in [2.24, 2.45) is 0 Å². The maximum Gasteiger partial charge on any atom is 0.265 e. The standard InChI is InChI=1S/C18H18FNO3/c1-11-7-8-17(16(19)9-11)20-18(22)13(3)23-15-6-4-5-14(10-15)12(2)21/h4-10,13H,1-3H3,(H,20,22). The van der Waals surface area contributed by atoms with Crippen LogP contribution in [0.2, 0.25) is 0 Å². The molecule has 0 aliphatic carbocycles. The van der Waals surface area contributed by atoms with Gasteiger partial charge in [0.15, 0.2) is 11.9 Å². The number of ketones is 1. The third kappa shape index (κ3) is 4.39. The molecule has 1 atom stereocenters. The molecule has 0 heterocycles. The first-order valence-corrected chi connectivity index (χ1v) is 7.21. The third-order valence-electron chi connectivity index (χ3n) is 3.31. The first-order chi connectivity index (χ1) is 10.9. The van der Waals surface area contributed by atoms with E-state index in [1.807, 2.05) is 0 Å². The first-order valence-electron chi connectivity index (χ1n) is 7.21. The largest absolute Gasteiger partial charge is 0.481 e. The van der Waals surface area contributed by atoms with Crippen molar-refractivity contribution in [3.63, 3.8) is 0 Å². The number of carbonyl (C=O) groups is 2. The highest BCUT2D eigenvalue weighted by Crippen LogP contribution is 2.18. The van der Waals surface area contributed by atoms with E-state index in [0.717, 1.165) is 5.56 Å². The molecule has 2 rings (SSSR count). The number of halogens is 1. The zero-order chi connectivity index (χ0) is 17.0. The number of nitrogens with one attached hydrogen (secondary N) is 1. The summed E-state index contributed by atoms with van der Waals surface area (Å²) >= 11 is 0. The summed E-state index contributed by atoms with van der Waals surface area (Å²) in [5.74, 6) is -0.649. The Balaban J connectivity index is 2.05. The van der Waals surface area contributed by atoms with Gasteiger partial charge in [-0.3, -0.25) is 9.59 Å². The van der Waals surface area contributed by atoms with Gasteiger partial charge in [0.05, 0.1) is 5.69 Å². The van der Waals surface area contributed by atoms with E-state index in [4.69, 9.17) is 4.74 Å². The van der Waals surface area contributed by atoms with Crippen LogP contribution in [0, 0.1) is 12.7 Å². The molecule has 0 bridgehead atoms. The van der Waals surface area contributed by atoms with Crippen LogP contribution in [0.25, 0.3) is 0 Å². The van der Waals surface area contributed by atoms with E-state index in [2.05, 4.69) is 5.32 Å². The van der Waals surface area contributed by atoms with Crippen LogP contribution in [0.4, 0.5) is 10.1 Å². The van der Waals surface area contributed by atoms with Gasteiger partial charge in [0, 0.05) is 5.56 Å². The molecule has 1 unspecified atom stereocenters. The summed E-state index contributed by atoms with van der Waals surface area (Å²) in [6, 6.07) is 11.1. The maximum absolute atomic E-state index is 13.7. The van der Waals surface area contributed by atoms with Gasteiger partial charge < -0.3 is 10.1 Å². The molecule has 23 heavy (non-hydrogen) atoms. The van der Waals surface area contributed by atoms with E-state index in [-0.39, 0.29) is 11.5 Å². The molecule has 0 saturated carbocycles. The maximum atomic E-state index is 13.7. The Bertz CT molecular complexity index is 743. The van der Waals surface area contributed by atoms with Crippen molar-refractivity contribution in [2.75, 3.05) is 5.32 Å². The highest BCUT2D eigenvalue weighted by Gasteiger charge is 2.17. The summed E-state index contributed by atoms with van der Waals surface area (Å²) in [4.78, 5) is 23.4. The Morgan fingerprint density at radius 1 is 1.17 bits per heavy atom. The highest BCUT2D eigenvalue weighted by molar-refractivity contribution is 5.95. The molecule has 5 heteroatoms. The molecular formula is C18H18FNO3. The lowest BCUT2D eigenvalue weighted by molar-refractivity contribution is -0.122. The summed E-state index contributed by atoms with van der Waals surface area (Å²) < 4.78 is 19.3. The molecule has 0 saturated heterocycles.